The van der Waals surface area contributed by atoms with Crippen molar-refractivity contribution in [3.8, 4) is 21.8 Å². The number of carbonyl (C=O) groups excluding carboxylic acids is 1. The average Bonchev–Trinajstić information content (AvgIpc) is 3.59. The Morgan fingerprint density at radius 2 is 2.09 bits per heavy atom. The van der Waals surface area contributed by atoms with Crippen LogP contribution in [0.4, 0.5) is 0 Å². The maximum Gasteiger partial charge on any atom is 0.165 e. The molecule has 0 saturated heterocycles. The molecule has 162 valence electrons. The van der Waals surface area contributed by atoms with Crippen molar-refractivity contribution < 1.29 is 4.79 Å². The smallest absolute Gasteiger partial charge is 0.165 e. The van der Waals surface area contributed by atoms with Gasteiger partial charge >= 0.3 is 0 Å². The lowest BCUT2D eigenvalue weighted by atomic mass is 9.98. The highest BCUT2D eigenvalue weighted by Crippen LogP contribution is 2.33. The summed E-state index contributed by atoms with van der Waals surface area (Å²) < 4.78 is 3.95. The number of fused-ring (bicyclic) bond motifs is 1. The number of Topliss-reactive ketones (excluding diaryl/α,β-unsaturated/α-hetero) is 1. The predicted octanol–water partition coefficient (Wildman–Crippen LogP) is 4.75. The van der Waals surface area contributed by atoms with E-state index in [2.05, 4.69) is 39.3 Å². The van der Waals surface area contributed by atoms with Gasteiger partial charge in [0.25, 0.3) is 0 Å². The molecule has 5 aromatic rings. The molecule has 8 nitrogen and oxygen atoms in total. The SMILES string of the molecule is CCn1nccc1-c1cc(C(=O)C[C@@H](C)c2ncn[nH]2)cn2c(-c3ccc(C)s3)cnc12. The molecule has 5 rings (SSSR count). The van der Waals surface area contributed by atoms with Crippen molar-refractivity contribution in [1.29, 1.82) is 0 Å². The summed E-state index contributed by atoms with van der Waals surface area (Å²) in [6.07, 6.45) is 7.35. The zero-order valence-corrected chi connectivity index (χ0v) is 18.9. The van der Waals surface area contributed by atoms with Gasteiger partial charge in [-0.25, -0.2) is 9.97 Å². The molecule has 9 heteroatoms. The number of hydrogen-bond donors (Lipinski definition) is 1. The first kappa shape index (κ1) is 20.3. The van der Waals surface area contributed by atoms with Crippen LogP contribution in [0, 0.1) is 6.92 Å². The van der Waals surface area contributed by atoms with Crippen LogP contribution < -0.4 is 0 Å². The molecule has 0 aliphatic heterocycles. The van der Waals surface area contributed by atoms with Gasteiger partial charge in [-0.15, -0.1) is 11.3 Å². The summed E-state index contributed by atoms with van der Waals surface area (Å²) in [6, 6.07) is 8.10. The molecule has 0 bridgehead atoms. The largest absolute Gasteiger partial charge is 0.298 e. The van der Waals surface area contributed by atoms with E-state index in [0.29, 0.717) is 17.8 Å². The second kappa shape index (κ2) is 8.16. The number of carbonyl (C=O) groups is 1. The number of ketones is 1. The molecule has 5 aromatic heterocycles. The number of thiophene rings is 1. The van der Waals surface area contributed by atoms with Crippen LogP contribution in [-0.4, -0.2) is 40.1 Å². The first-order valence-electron chi connectivity index (χ1n) is 10.5. The van der Waals surface area contributed by atoms with Crippen LogP contribution in [0.3, 0.4) is 0 Å². The van der Waals surface area contributed by atoms with Gasteiger partial charge in [-0.3, -0.25) is 19.0 Å². The fraction of sp³-hybridized carbons (Fsp3) is 0.261. The summed E-state index contributed by atoms with van der Waals surface area (Å²) in [5.74, 6) is 0.690. The van der Waals surface area contributed by atoms with E-state index in [9.17, 15) is 4.79 Å². The molecule has 32 heavy (non-hydrogen) atoms. The monoisotopic (exact) mass is 445 g/mol. The molecule has 0 aliphatic carbocycles. The Morgan fingerprint density at radius 1 is 1.22 bits per heavy atom. The van der Waals surface area contributed by atoms with Gasteiger partial charge < -0.3 is 0 Å². The van der Waals surface area contributed by atoms with Crippen LogP contribution in [0.1, 0.15) is 47.2 Å². The lowest BCUT2D eigenvalue weighted by Crippen LogP contribution is -2.09. The van der Waals surface area contributed by atoms with E-state index in [1.807, 2.05) is 47.5 Å². The van der Waals surface area contributed by atoms with Crippen LogP contribution in [0.15, 0.2) is 49.2 Å². The molecular weight excluding hydrogens is 422 g/mol. The van der Waals surface area contributed by atoms with Gasteiger partial charge in [0, 0.05) is 47.3 Å². The molecular formula is C23H23N7OS. The summed E-state index contributed by atoms with van der Waals surface area (Å²) in [6.45, 7) is 6.84. The third-order valence-corrected chi connectivity index (χ3v) is 6.63. The summed E-state index contributed by atoms with van der Waals surface area (Å²) in [5.41, 5.74) is 4.24. The van der Waals surface area contributed by atoms with Gasteiger partial charge in [-0.1, -0.05) is 6.92 Å². The van der Waals surface area contributed by atoms with E-state index >= 15 is 0 Å². The Morgan fingerprint density at radius 3 is 2.81 bits per heavy atom. The zero-order valence-electron chi connectivity index (χ0n) is 18.1. The van der Waals surface area contributed by atoms with Gasteiger partial charge in [0.05, 0.1) is 22.5 Å². The third-order valence-electron chi connectivity index (χ3n) is 5.60. The molecule has 1 N–H and O–H groups in total. The first-order chi connectivity index (χ1) is 15.5. The van der Waals surface area contributed by atoms with E-state index in [-0.39, 0.29) is 11.7 Å². The van der Waals surface area contributed by atoms with E-state index in [4.69, 9.17) is 4.98 Å². The highest BCUT2D eigenvalue weighted by molar-refractivity contribution is 7.15. The Bertz CT molecular complexity index is 1390. The highest BCUT2D eigenvalue weighted by atomic mass is 32.1. The number of aromatic nitrogens is 7. The summed E-state index contributed by atoms with van der Waals surface area (Å²) >= 11 is 1.71. The van der Waals surface area contributed by atoms with E-state index in [0.717, 1.165) is 34.0 Å². The number of nitrogens with one attached hydrogen (secondary N) is 1. The first-order valence-corrected chi connectivity index (χ1v) is 11.4. The lowest BCUT2D eigenvalue weighted by Gasteiger charge is -2.12. The second-order valence-corrected chi connectivity index (χ2v) is 9.11. The zero-order chi connectivity index (χ0) is 22.2. The third kappa shape index (κ3) is 3.54. The van der Waals surface area contributed by atoms with Crippen LogP contribution in [0.5, 0.6) is 0 Å². The average molecular weight is 446 g/mol. The molecule has 0 aromatic carbocycles. The van der Waals surface area contributed by atoms with Crippen LogP contribution in [0.25, 0.3) is 27.5 Å². The molecule has 0 unspecified atom stereocenters. The van der Waals surface area contributed by atoms with E-state index in [1.54, 1.807) is 17.5 Å². The van der Waals surface area contributed by atoms with Crippen molar-refractivity contribution in [2.24, 2.45) is 0 Å². The van der Waals surface area contributed by atoms with Crippen LogP contribution >= 0.6 is 11.3 Å². The number of rotatable bonds is 7. The van der Waals surface area contributed by atoms with Crippen molar-refractivity contribution in [3.05, 3.63) is 65.4 Å². The van der Waals surface area contributed by atoms with Crippen molar-refractivity contribution in [2.75, 3.05) is 0 Å². The topological polar surface area (TPSA) is 93.8 Å². The standard InChI is InChI=1S/C23H23N7OS/c1-4-30-18(7-8-27-30)17-10-16(20(31)9-14(2)22-25-13-26-28-22)12-29-19(11-24-23(17)29)21-6-5-15(3)32-21/h5-8,10-14H,4,9H2,1-3H3,(H,25,26,28)/t14-/m1/s1. The van der Waals surface area contributed by atoms with Crippen molar-refractivity contribution in [2.45, 2.75) is 39.7 Å². The van der Waals surface area contributed by atoms with Gasteiger partial charge in [0.1, 0.15) is 17.8 Å². The van der Waals surface area contributed by atoms with Gasteiger partial charge in [0.15, 0.2) is 5.78 Å². The minimum atomic E-state index is -0.0625. The number of hydrogen-bond acceptors (Lipinski definition) is 6. The summed E-state index contributed by atoms with van der Waals surface area (Å²) in [7, 11) is 0. The summed E-state index contributed by atoms with van der Waals surface area (Å²) in [4.78, 5) is 24.6. The van der Waals surface area contributed by atoms with Gasteiger partial charge in [-0.2, -0.15) is 10.2 Å². The molecule has 1 atom stereocenters. The number of nitrogens with zero attached hydrogens (tertiary/aromatic N) is 6. The highest BCUT2D eigenvalue weighted by Gasteiger charge is 2.21. The van der Waals surface area contributed by atoms with Crippen LogP contribution in [0.2, 0.25) is 0 Å². The van der Waals surface area contributed by atoms with Gasteiger partial charge in [-0.05, 0) is 38.1 Å². The minimum Gasteiger partial charge on any atom is -0.298 e. The van der Waals surface area contributed by atoms with E-state index < -0.39 is 0 Å². The Balaban J connectivity index is 1.65. The van der Waals surface area contributed by atoms with Crippen molar-refractivity contribution in [1.82, 2.24) is 34.3 Å². The fourth-order valence-corrected chi connectivity index (χ4v) is 4.82. The molecule has 0 saturated carbocycles. The normalized spacial score (nSPS) is 12.5. The number of pyridine rings is 1. The Labute approximate surface area is 189 Å². The fourth-order valence-electron chi connectivity index (χ4n) is 3.94. The number of H-pyrrole nitrogens is 1. The second-order valence-electron chi connectivity index (χ2n) is 7.82. The lowest BCUT2D eigenvalue weighted by molar-refractivity contribution is 0.0974. The Hall–Kier alpha value is -3.59. The summed E-state index contributed by atoms with van der Waals surface area (Å²) in [5, 5.41) is 11.2. The van der Waals surface area contributed by atoms with Gasteiger partial charge in [0.2, 0.25) is 0 Å². The van der Waals surface area contributed by atoms with Crippen LogP contribution in [-0.2, 0) is 6.54 Å². The molecule has 0 spiro atoms. The maximum atomic E-state index is 13.3. The molecule has 0 radical (unpaired) electrons. The minimum absolute atomic E-state index is 0.0432. The van der Waals surface area contributed by atoms with E-state index in [1.165, 1.54) is 11.2 Å². The quantitative estimate of drug-likeness (QED) is 0.365. The molecule has 5 heterocycles. The molecule has 0 amide bonds. The van der Waals surface area contributed by atoms with Crippen molar-refractivity contribution in [3.63, 3.8) is 0 Å². The number of aromatic amines is 1. The number of imidazole rings is 1. The predicted molar refractivity (Wildman–Crippen MR) is 124 cm³/mol. The maximum absolute atomic E-state index is 13.3. The number of aryl methyl sites for hydroxylation is 2. The molecule has 0 aliphatic rings. The van der Waals surface area contributed by atoms with Crippen molar-refractivity contribution >= 4 is 22.8 Å². The molecule has 0 fully saturated rings. The Kier molecular flexibility index (Phi) is 5.18.